The van der Waals surface area contributed by atoms with Crippen LogP contribution in [-0.2, 0) is 16.6 Å². The fourth-order valence-electron chi connectivity index (χ4n) is 7.64. The number of aryl methyl sites for hydroxylation is 1. The molecule has 0 radical (unpaired) electrons. The zero-order valence-corrected chi connectivity index (χ0v) is 42.9. The largest absolute Gasteiger partial charge is 0.463 e. The molecule has 15 heteroatoms. The van der Waals surface area contributed by atoms with Crippen molar-refractivity contribution in [3.05, 3.63) is 242 Å². The number of nitrogens with zero attached hydrogens (tertiary/aromatic N) is 2. The average molecular weight is 1030 g/mol. The summed E-state index contributed by atoms with van der Waals surface area (Å²) in [7, 11) is 1.35. The molecular formula is C62H50N2O13. The molecule has 0 fully saturated rings. The van der Waals surface area contributed by atoms with Gasteiger partial charge in [-0.25, -0.2) is 14.2 Å². The summed E-state index contributed by atoms with van der Waals surface area (Å²) in [6, 6.07) is 40.7. The Kier molecular flexibility index (Phi) is 15.5. The van der Waals surface area contributed by atoms with Crippen LogP contribution in [0.25, 0.3) is 38.4 Å². The third-order valence-electron chi connectivity index (χ3n) is 11.5. The second-order valence-corrected chi connectivity index (χ2v) is 17.9. The molecule has 0 unspecified atom stereocenters. The topological polar surface area (TPSA) is 177 Å². The number of allylic oxidation sites excluding steroid dienone is 2. The van der Waals surface area contributed by atoms with Gasteiger partial charge in [-0.2, -0.15) is 0 Å². The van der Waals surface area contributed by atoms with Gasteiger partial charge in [0.1, 0.15) is 46.0 Å². The van der Waals surface area contributed by atoms with Gasteiger partial charge < -0.3 is 33.2 Å². The van der Waals surface area contributed by atoms with Crippen molar-refractivity contribution in [1.29, 1.82) is 0 Å². The molecule has 0 spiro atoms. The van der Waals surface area contributed by atoms with Gasteiger partial charge in [-0.3, -0.25) is 23.7 Å². The molecule has 0 aliphatic rings. The Balaban J connectivity index is 0.000000273. The number of carbonyl (C=O) groups excluding carboxylic acids is 2. The highest BCUT2D eigenvalue weighted by atomic mass is 16.5. The predicted octanol–water partition coefficient (Wildman–Crippen LogP) is 12.3. The molecule has 77 heavy (non-hydrogen) atoms. The second kappa shape index (κ2) is 22.5. The summed E-state index contributed by atoms with van der Waals surface area (Å²) in [5.74, 6) is 4.69. The minimum atomic E-state index is -0.650. The van der Waals surface area contributed by atoms with E-state index in [2.05, 4.69) is 26.3 Å². The third-order valence-corrected chi connectivity index (χ3v) is 11.5. The minimum Gasteiger partial charge on any atom is -0.463 e. The molecule has 0 N–H and O–H groups in total. The first-order chi connectivity index (χ1) is 36.7. The van der Waals surface area contributed by atoms with Gasteiger partial charge in [0.2, 0.25) is 0 Å². The normalized spacial score (nSPS) is 10.7. The molecule has 0 atom stereocenters. The van der Waals surface area contributed by atoms with E-state index in [-0.39, 0.29) is 38.7 Å². The Bertz CT molecular complexity index is 3880. The SMILES string of the molecule is C=C(C)C(=O)Oc1ccc(-c2ccc(OC(=O)C(=C)C)cc2)cc1.C=C(C)Oc1ccc(Oc2cc(Oc3ccc(-n4c(=O)c5cc6c(=O)n(C)c(=O)c6cc5c4=O)cc3Oc3ccc(OC(=C)C)cc3)ccc2C)cc1. The van der Waals surface area contributed by atoms with E-state index in [1.54, 1.807) is 125 Å². The van der Waals surface area contributed by atoms with Gasteiger partial charge in [0, 0.05) is 30.3 Å². The lowest BCUT2D eigenvalue weighted by atomic mass is 10.1. The van der Waals surface area contributed by atoms with E-state index in [9.17, 15) is 28.8 Å². The van der Waals surface area contributed by atoms with Gasteiger partial charge in [0.15, 0.2) is 11.5 Å². The van der Waals surface area contributed by atoms with Crippen molar-refractivity contribution in [3.63, 3.8) is 0 Å². The molecule has 2 aromatic heterocycles. The van der Waals surface area contributed by atoms with E-state index < -0.39 is 34.2 Å². The van der Waals surface area contributed by atoms with Crippen LogP contribution in [0.5, 0.6) is 57.5 Å². The smallest absolute Gasteiger partial charge is 0.338 e. The zero-order valence-electron chi connectivity index (χ0n) is 42.9. The molecule has 386 valence electrons. The standard InChI is InChI=1S/C42H32N2O9.C20H18O4/c1-23(2)49-27-10-14-29(15-11-27)51-37-20-31(9-7-25(37)5)53-36-18-8-26(19-38(36)52-30-16-12-28(13-17-30)50-24(3)4)44-41(47)34-21-32-33(22-35(34)42(44)48)40(46)43(6)39(32)45;1-13(2)19(21)23-17-9-5-15(6-10-17)16-7-11-18(12-8-16)24-20(22)14(3)4/h7-22H,1,3H2,2,4-6H3;5-12H,1,3H2,2,4H3. The van der Waals surface area contributed by atoms with Crippen LogP contribution in [0, 0.1) is 6.92 Å². The lowest BCUT2D eigenvalue weighted by Gasteiger charge is -2.16. The highest BCUT2D eigenvalue weighted by molar-refractivity contribution is 5.98. The van der Waals surface area contributed by atoms with E-state index >= 15 is 0 Å². The Morgan fingerprint density at radius 1 is 0.390 bits per heavy atom. The molecule has 15 nitrogen and oxygen atoms in total. The Morgan fingerprint density at radius 2 is 0.753 bits per heavy atom. The molecule has 0 amide bonds. The van der Waals surface area contributed by atoms with E-state index in [4.69, 9.17) is 33.2 Å². The maximum absolute atomic E-state index is 13.7. The number of fused-ring (bicyclic) bond motifs is 2. The highest BCUT2D eigenvalue weighted by Crippen LogP contribution is 2.39. The Morgan fingerprint density at radius 3 is 1.18 bits per heavy atom. The van der Waals surface area contributed by atoms with Gasteiger partial charge in [0.25, 0.3) is 22.2 Å². The van der Waals surface area contributed by atoms with Crippen molar-refractivity contribution in [3.8, 4) is 74.3 Å². The maximum Gasteiger partial charge on any atom is 0.338 e. The first kappa shape index (κ1) is 53.0. The maximum atomic E-state index is 13.7. The summed E-state index contributed by atoms with van der Waals surface area (Å²) < 4.78 is 42.1. The number of benzene rings is 7. The summed E-state index contributed by atoms with van der Waals surface area (Å²) in [6.45, 7) is 23.2. The third kappa shape index (κ3) is 12.2. The summed E-state index contributed by atoms with van der Waals surface area (Å²) in [5, 5.41) is 0.181. The number of hydrogen-bond acceptors (Lipinski definition) is 13. The zero-order chi connectivity index (χ0) is 55.2. The van der Waals surface area contributed by atoms with Crippen LogP contribution in [0.15, 0.2) is 214 Å². The molecule has 0 bridgehead atoms. The van der Waals surface area contributed by atoms with Crippen LogP contribution in [0.4, 0.5) is 0 Å². The van der Waals surface area contributed by atoms with E-state index in [1.807, 2.05) is 37.3 Å². The molecule has 7 aromatic carbocycles. The first-order valence-corrected chi connectivity index (χ1v) is 23.7. The fourth-order valence-corrected chi connectivity index (χ4v) is 7.64. The number of rotatable bonds is 16. The quantitative estimate of drug-likeness (QED) is 0.0387. The summed E-state index contributed by atoms with van der Waals surface area (Å²) in [5.41, 5.74) is 1.24. The summed E-state index contributed by atoms with van der Waals surface area (Å²) in [4.78, 5) is 75.6. The molecular weight excluding hydrogens is 981 g/mol. The number of ether oxygens (including phenoxy) is 7. The average Bonchev–Trinajstić information content (AvgIpc) is 3.77. The number of esters is 2. The van der Waals surface area contributed by atoms with Crippen LogP contribution in [0.1, 0.15) is 33.3 Å². The molecule has 0 saturated carbocycles. The van der Waals surface area contributed by atoms with Gasteiger partial charge in [-0.05, 0) is 154 Å². The Labute approximate surface area is 441 Å². The van der Waals surface area contributed by atoms with Crippen molar-refractivity contribution in [2.45, 2.75) is 34.6 Å². The summed E-state index contributed by atoms with van der Waals surface area (Å²) in [6.07, 6.45) is 0. The second-order valence-electron chi connectivity index (χ2n) is 17.9. The van der Waals surface area contributed by atoms with Crippen molar-refractivity contribution in [1.82, 2.24) is 9.13 Å². The van der Waals surface area contributed by atoms with Gasteiger partial charge in [-0.1, -0.05) is 56.6 Å². The Hall–Kier alpha value is -10.3. The number of carbonyl (C=O) groups is 2. The lowest BCUT2D eigenvalue weighted by molar-refractivity contribution is -0.130. The van der Waals surface area contributed by atoms with E-state index in [1.165, 1.54) is 25.2 Å². The molecule has 0 aliphatic carbocycles. The molecule has 2 heterocycles. The van der Waals surface area contributed by atoms with Crippen LogP contribution in [0.2, 0.25) is 0 Å². The molecule has 0 aliphatic heterocycles. The minimum absolute atomic E-state index is 0.0197. The highest BCUT2D eigenvalue weighted by Gasteiger charge is 2.21. The van der Waals surface area contributed by atoms with Gasteiger partial charge in [-0.15, -0.1) is 0 Å². The van der Waals surface area contributed by atoms with Gasteiger partial charge >= 0.3 is 11.9 Å². The van der Waals surface area contributed by atoms with E-state index in [0.717, 1.165) is 25.8 Å². The van der Waals surface area contributed by atoms with Crippen LogP contribution < -0.4 is 55.4 Å². The van der Waals surface area contributed by atoms with Crippen LogP contribution in [0.3, 0.4) is 0 Å². The monoisotopic (exact) mass is 1030 g/mol. The molecule has 0 saturated heterocycles. The predicted molar refractivity (Wildman–Crippen MR) is 295 cm³/mol. The van der Waals surface area contributed by atoms with Crippen molar-refractivity contribution < 1.29 is 42.7 Å². The number of aromatic nitrogens is 2. The van der Waals surface area contributed by atoms with E-state index in [0.29, 0.717) is 68.7 Å². The lowest BCUT2D eigenvalue weighted by Crippen LogP contribution is -2.23. The summed E-state index contributed by atoms with van der Waals surface area (Å²) >= 11 is 0. The fraction of sp³-hybridized carbons (Fsp3) is 0.0968. The first-order valence-electron chi connectivity index (χ1n) is 23.7. The molecule has 9 aromatic rings. The van der Waals surface area contributed by atoms with Crippen molar-refractivity contribution >= 4 is 33.5 Å². The van der Waals surface area contributed by atoms with Crippen molar-refractivity contribution in [2.75, 3.05) is 0 Å². The van der Waals surface area contributed by atoms with Gasteiger partial charge in [0.05, 0.1) is 38.8 Å². The van der Waals surface area contributed by atoms with Crippen LogP contribution >= 0.6 is 0 Å². The molecule has 9 rings (SSSR count). The number of hydrogen-bond donors (Lipinski definition) is 0. The van der Waals surface area contributed by atoms with Crippen molar-refractivity contribution in [2.24, 2.45) is 7.05 Å². The van der Waals surface area contributed by atoms with Crippen LogP contribution in [-0.4, -0.2) is 21.1 Å².